The number of hydrogen-bond acceptors (Lipinski definition) is 4. The maximum Gasteiger partial charge on any atom is 0.200 e. The Hall–Kier alpha value is -4.67. The quantitative estimate of drug-likeness (QED) is 0.127. The molecule has 0 unspecified atom stereocenters. The smallest absolute Gasteiger partial charge is 0.200 e. The third-order valence-corrected chi connectivity index (χ3v) is 5.89. The Balaban J connectivity index is 0.00000193. The summed E-state index contributed by atoms with van der Waals surface area (Å²) in [5, 5.41) is 33.5. The largest absolute Gasteiger partial charge is 0.860 e. The molecule has 4 aromatic carbocycles. The van der Waals surface area contributed by atoms with Gasteiger partial charge in [0.05, 0.1) is 30.8 Å². The predicted octanol–water partition coefficient (Wildman–Crippen LogP) is 3.28. The maximum absolute atomic E-state index is 14.9. The highest BCUT2D eigenvalue weighted by atomic mass is 19.2. The highest BCUT2D eigenvalue weighted by Gasteiger charge is 2.38. The van der Waals surface area contributed by atoms with Crippen LogP contribution in [0.5, 0.6) is 11.5 Å². The lowest BCUT2D eigenvalue weighted by Crippen LogP contribution is -2.50. The van der Waals surface area contributed by atoms with Crippen molar-refractivity contribution >= 4 is 7.32 Å². The van der Waals surface area contributed by atoms with E-state index in [9.17, 15) is 81.0 Å². The lowest BCUT2D eigenvalue weighted by atomic mass is 9.86. The van der Waals surface area contributed by atoms with Gasteiger partial charge in [0.1, 0.15) is 18.8 Å². The van der Waals surface area contributed by atoms with E-state index in [-0.39, 0.29) is 6.07 Å². The summed E-state index contributed by atoms with van der Waals surface area (Å²) in [7, 11) is -0.340. The highest BCUT2D eigenvalue weighted by Crippen LogP contribution is 2.53. The molecule has 6 nitrogen and oxygen atoms in total. The summed E-state index contributed by atoms with van der Waals surface area (Å²) >= 11 is 0. The van der Waals surface area contributed by atoms with Gasteiger partial charge in [-0.25, -0.2) is 65.9 Å². The molecule has 0 saturated heterocycles. The zero-order chi connectivity index (χ0) is 37.3. The fourth-order valence-electron chi connectivity index (χ4n) is 4.02. The fourth-order valence-corrected chi connectivity index (χ4v) is 4.02. The first-order valence-corrected chi connectivity index (χ1v) is 12.2. The molecule has 260 valence electrons. The van der Waals surface area contributed by atoms with Crippen molar-refractivity contribution in [2.75, 3.05) is 14.1 Å². The molecular formula is C26H14BF15N2O4. The lowest BCUT2D eigenvalue weighted by molar-refractivity contribution is -0.372. The first-order chi connectivity index (χ1) is 22.4. The van der Waals surface area contributed by atoms with Crippen molar-refractivity contribution in [3.63, 3.8) is 0 Å². The number of rotatable bonds is 5. The van der Waals surface area contributed by atoms with Gasteiger partial charge in [-0.1, -0.05) is 0 Å². The molecule has 0 amide bonds. The standard InChI is InChI=1S/C24H2BF15O4.2CH5N/c26-9-4(10(27)16(33)21(38)15(9)32)2-1-3(44-25(42)43)5(7-11(28)17(34)22(39)18(35)12(7)29)6(24(2)41)8-13(30)19(36)23(40)20(37)14(8)31;2*1-2/h1,41H;2*2H2,1H3/q-2;;/p+2. The van der Waals surface area contributed by atoms with Gasteiger partial charge < -0.3 is 31.3 Å². The van der Waals surface area contributed by atoms with E-state index in [1.165, 1.54) is 0 Å². The first-order valence-electron chi connectivity index (χ1n) is 12.2. The summed E-state index contributed by atoms with van der Waals surface area (Å²) in [6, 6.07) is -0.390. The zero-order valence-corrected chi connectivity index (χ0v) is 23.4. The fraction of sp³-hybridized carbons (Fsp3) is 0.0769. The van der Waals surface area contributed by atoms with Crippen LogP contribution in [0.15, 0.2) is 6.07 Å². The number of benzene rings is 4. The van der Waals surface area contributed by atoms with Crippen molar-refractivity contribution < 1.29 is 97.1 Å². The Labute approximate surface area is 257 Å². The van der Waals surface area contributed by atoms with E-state index in [1.54, 1.807) is 14.1 Å². The summed E-state index contributed by atoms with van der Waals surface area (Å²) in [5.74, 6) is -48.5. The van der Waals surface area contributed by atoms with Gasteiger partial charge in [0.25, 0.3) is 0 Å². The van der Waals surface area contributed by atoms with E-state index in [2.05, 4.69) is 16.1 Å². The minimum absolute atomic E-state index is 0.390. The SMILES string of the molecule is C[NH3+].C[NH3+].[O-]B([O-])Oc1cc(-c2c(F)c(F)c(F)c(F)c2F)c(O)c(-c2c(F)c(F)c(F)c(F)c2F)c1-c1c(F)c(F)c(F)c(F)c1F. The molecule has 0 aliphatic rings. The molecular weight excluding hydrogens is 700 g/mol. The Morgan fingerprint density at radius 1 is 0.438 bits per heavy atom. The van der Waals surface area contributed by atoms with Crippen molar-refractivity contribution in [1.82, 2.24) is 0 Å². The van der Waals surface area contributed by atoms with Crippen LogP contribution >= 0.6 is 0 Å². The van der Waals surface area contributed by atoms with E-state index in [4.69, 9.17) is 0 Å². The maximum atomic E-state index is 14.9. The third-order valence-electron chi connectivity index (χ3n) is 5.89. The van der Waals surface area contributed by atoms with Gasteiger partial charge in [0, 0.05) is 16.7 Å². The molecule has 0 aromatic heterocycles. The summed E-state index contributed by atoms with van der Waals surface area (Å²) in [4.78, 5) is 0. The molecule has 22 heteroatoms. The van der Waals surface area contributed by atoms with Crippen molar-refractivity contribution in [3.8, 4) is 44.9 Å². The molecule has 0 saturated carbocycles. The molecule has 0 atom stereocenters. The van der Waals surface area contributed by atoms with Gasteiger partial charge in [-0.05, 0) is 6.07 Å². The number of phenolic OH excluding ortho intramolecular Hbond substituents is 1. The van der Waals surface area contributed by atoms with E-state index < -0.39 is 139 Å². The van der Waals surface area contributed by atoms with E-state index in [0.717, 1.165) is 0 Å². The minimum atomic E-state index is -3.84. The van der Waals surface area contributed by atoms with Crippen LogP contribution in [-0.2, 0) is 0 Å². The normalized spacial score (nSPS) is 10.7. The Bertz CT molecular complexity index is 1820. The molecule has 7 N–H and O–H groups in total. The van der Waals surface area contributed by atoms with Gasteiger partial charge in [-0.3, -0.25) is 0 Å². The molecule has 0 heterocycles. The van der Waals surface area contributed by atoms with E-state index in [1.807, 2.05) is 0 Å². The lowest BCUT2D eigenvalue weighted by Gasteiger charge is -2.30. The van der Waals surface area contributed by atoms with Crippen LogP contribution in [0.3, 0.4) is 0 Å². The Morgan fingerprint density at radius 2 is 0.688 bits per heavy atom. The molecule has 0 spiro atoms. The van der Waals surface area contributed by atoms with Crippen LogP contribution in [-0.4, -0.2) is 26.5 Å². The van der Waals surface area contributed by atoms with Crippen LogP contribution in [0, 0.1) is 87.3 Å². The second-order valence-corrected chi connectivity index (χ2v) is 8.26. The van der Waals surface area contributed by atoms with Crippen LogP contribution in [0.4, 0.5) is 65.9 Å². The molecule has 4 rings (SSSR count). The van der Waals surface area contributed by atoms with Crippen LogP contribution in [0.25, 0.3) is 33.4 Å². The third kappa shape index (κ3) is 6.30. The van der Waals surface area contributed by atoms with Crippen LogP contribution < -0.4 is 26.2 Å². The van der Waals surface area contributed by atoms with Crippen molar-refractivity contribution in [1.29, 1.82) is 0 Å². The second-order valence-electron chi connectivity index (χ2n) is 8.26. The van der Waals surface area contributed by atoms with Gasteiger partial charge in [0.2, 0.25) is 17.5 Å². The number of aromatic hydroxyl groups is 1. The zero-order valence-electron chi connectivity index (χ0n) is 23.4. The molecule has 0 aliphatic heterocycles. The molecule has 0 fully saturated rings. The number of hydrogen-bond donors (Lipinski definition) is 3. The summed E-state index contributed by atoms with van der Waals surface area (Å²) < 4.78 is 219. The average Bonchev–Trinajstić information content (AvgIpc) is 3.07. The summed E-state index contributed by atoms with van der Waals surface area (Å²) in [5.41, 5.74) is -7.59. The van der Waals surface area contributed by atoms with Gasteiger partial charge in [-0.2, -0.15) is 0 Å². The molecule has 48 heavy (non-hydrogen) atoms. The number of phenols is 1. The van der Waals surface area contributed by atoms with Crippen molar-refractivity contribution in [2.24, 2.45) is 0 Å². The summed E-state index contributed by atoms with van der Waals surface area (Å²) in [6.45, 7) is 0. The van der Waals surface area contributed by atoms with Crippen LogP contribution in [0.1, 0.15) is 0 Å². The number of quaternary nitrogens is 2. The van der Waals surface area contributed by atoms with Crippen molar-refractivity contribution in [3.05, 3.63) is 93.3 Å². The molecule has 0 aliphatic carbocycles. The molecule has 4 aromatic rings. The van der Waals surface area contributed by atoms with E-state index in [0.29, 0.717) is 0 Å². The number of halogens is 15. The van der Waals surface area contributed by atoms with Crippen LogP contribution in [0.2, 0.25) is 0 Å². The minimum Gasteiger partial charge on any atom is -0.860 e. The van der Waals surface area contributed by atoms with E-state index >= 15 is 0 Å². The molecule has 0 radical (unpaired) electrons. The molecule has 0 bridgehead atoms. The Morgan fingerprint density at radius 3 is 0.979 bits per heavy atom. The van der Waals surface area contributed by atoms with Gasteiger partial charge in [-0.15, -0.1) is 0 Å². The highest BCUT2D eigenvalue weighted by molar-refractivity contribution is 6.30. The van der Waals surface area contributed by atoms with Gasteiger partial charge >= 0.3 is 0 Å². The Kier molecular flexibility index (Phi) is 12.4. The first kappa shape index (κ1) is 39.5. The monoisotopic (exact) mass is 714 g/mol. The predicted molar refractivity (Wildman–Crippen MR) is 128 cm³/mol. The summed E-state index contributed by atoms with van der Waals surface area (Å²) in [6.07, 6.45) is 0. The second kappa shape index (κ2) is 15.0. The topological polar surface area (TPSA) is 131 Å². The van der Waals surface area contributed by atoms with Gasteiger partial charge in [0.15, 0.2) is 69.8 Å². The van der Waals surface area contributed by atoms with Crippen molar-refractivity contribution in [2.45, 2.75) is 0 Å². The average molecular weight is 714 g/mol.